The van der Waals surface area contributed by atoms with Gasteiger partial charge in [0.05, 0.1) is 5.69 Å². The molecule has 2 rings (SSSR count). The summed E-state index contributed by atoms with van der Waals surface area (Å²) >= 11 is 0. The van der Waals surface area contributed by atoms with Gasteiger partial charge in [-0.1, -0.05) is 0 Å². The standard InChI is InChI=1S/C10H12FN/c1-6-8-4-2-3-7(8)5-9(12)10(6)11/h5H,2-4,12H2,1H3. The Morgan fingerprint density at radius 3 is 2.92 bits per heavy atom. The van der Waals surface area contributed by atoms with E-state index in [1.807, 2.05) is 6.92 Å². The molecule has 0 atom stereocenters. The van der Waals surface area contributed by atoms with Gasteiger partial charge in [-0.05, 0) is 48.9 Å². The van der Waals surface area contributed by atoms with Crippen LogP contribution in [0.15, 0.2) is 6.07 Å². The second kappa shape index (κ2) is 2.47. The van der Waals surface area contributed by atoms with Gasteiger partial charge in [-0.3, -0.25) is 0 Å². The molecule has 0 fully saturated rings. The minimum absolute atomic E-state index is 0.226. The van der Waals surface area contributed by atoms with Gasteiger partial charge < -0.3 is 5.73 Å². The zero-order valence-electron chi connectivity index (χ0n) is 7.15. The molecule has 0 saturated heterocycles. The van der Waals surface area contributed by atoms with Crippen molar-refractivity contribution >= 4 is 5.69 Å². The van der Waals surface area contributed by atoms with E-state index in [1.54, 1.807) is 6.07 Å². The number of nitrogens with two attached hydrogens (primary N) is 1. The summed E-state index contributed by atoms with van der Waals surface area (Å²) in [5.74, 6) is -0.226. The van der Waals surface area contributed by atoms with Crippen molar-refractivity contribution in [3.8, 4) is 0 Å². The van der Waals surface area contributed by atoms with E-state index in [9.17, 15) is 4.39 Å². The van der Waals surface area contributed by atoms with Crippen molar-refractivity contribution in [2.75, 3.05) is 5.73 Å². The van der Waals surface area contributed by atoms with Crippen LogP contribution < -0.4 is 5.73 Å². The Balaban J connectivity index is 2.67. The Kier molecular flexibility index (Phi) is 1.56. The van der Waals surface area contributed by atoms with Crippen LogP contribution in [0.1, 0.15) is 23.1 Å². The Morgan fingerprint density at radius 2 is 2.17 bits per heavy atom. The lowest BCUT2D eigenvalue weighted by molar-refractivity contribution is 0.620. The summed E-state index contributed by atoms with van der Waals surface area (Å²) in [5.41, 5.74) is 8.99. The molecule has 0 heterocycles. The second-order valence-corrected chi connectivity index (χ2v) is 3.40. The third-order valence-electron chi connectivity index (χ3n) is 2.63. The lowest BCUT2D eigenvalue weighted by atomic mass is 10.0. The molecule has 2 heteroatoms. The highest BCUT2D eigenvalue weighted by atomic mass is 19.1. The smallest absolute Gasteiger partial charge is 0.149 e. The van der Waals surface area contributed by atoms with Gasteiger partial charge >= 0.3 is 0 Å². The van der Waals surface area contributed by atoms with Gasteiger partial charge in [0.25, 0.3) is 0 Å². The third kappa shape index (κ3) is 0.909. The summed E-state index contributed by atoms with van der Waals surface area (Å²) in [7, 11) is 0. The molecule has 1 aliphatic rings. The maximum atomic E-state index is 13.3. The molecular weight excluding hydrogens is 153 g/mol. The van der Waals surface area contributed by atoms with Crippen LogP contribution in [-0.2, 0) is 12.8 Å². The minimum atomic E-state index is -0.226. The molecule has 0 bridgehead atoms. The molecule has 12 heavy (non-hydrogen) atoms. The fraction of sp³-hybridized carbons (Fsp3) is 0.400. The van der Waals surface area contributed by atoms with E-state index in [4.69, 9.17) is 5.73 Å². The largest absolute Gasteiger partial charge is 0.396 e. The first-order chi connectivity index (χ1) is 5.70. The maximum Gasteiger partial charge on any atom is 0.149 e. The minimum Gasteiger partial charge on any atom is -0.396 e. The molecular formula is C10H12FN. The van der Waals surface area contributed by atoms with Gasteiger partial charge in [-0.15, -0.1) is 0 Å². The number of hydrogen-bond donors (Lipinski definition) is 1. The molecule has 1 aliphatic carbocycles. The predicted molar refractivity (Wildman–Crippen MR) is 47.6 cm³/mol. The summed E-state index contributed by atoms with van der Waals surface area (Å²) in [6, 6.07) is 1.78. The molecule has 1 nitrogen and oxygen atoms in total. The Morgan fingerprint density at radius 1 is 1.42 bits per heavy atom. The van der Waals surface area contributed by atoms with Crippen LogP contribution in [0.2, 0.25) is 0 Å². The Hall–Kier alpha value is -1.05. The molecule has 0 saturated carbocycles. The van der Waals surface area contributed by atoms with Crippen molar-refractivity contribution in [2.45, 2.75) is 26.2 Å². The molecule has 0 aliphatic heterocycles. The number of nitrogen functional groups attached to an aromatic ring is 1. The number of benzene rings is 1. The maximum absolute atomic E-state index is 13.3. The topological polar surface area (TPSA) is 26.0 Å². The van der Waals surface area contributed by atoms with Crippen LogP contribution >= 0.6 is 0 Å². The second-order valence-electron chi connectivity index (χ2n) is 3.40. The van der Waals surface area contributed by atoms with E-state index in [0.717, 1.165) is 24.8 Å². The molecule has 64 valence electrons. The monoisotopic (exact) mass is 165 g/mol. The SMILES string of the molecule is Cc1c(F)c(N)cc2c1CCC2. The zero-order valence-corrected chi connectivity index (χ0v) is 7.15. The average molecular weight is 165 g/mol. The quantitative estimate of drug-likeness (QED) is 0.586. The van der Waals surface area contributed by atoms with E-state index in [0.29, 0.717) is 5.69 Å². The van der Waals surface area contributed by atoms with Crippen LogP contribution in [0.25, 0.3) is 0 Å². The lowest BCUT2D eigenvalue weighted by Gasteiger charge is -2.07. The van der Waals surface area contributed by atoms with E-state index < -0.39 is 0 Å². The highest BCUT2D eigenvalue weighted by Crippen LogP contribution is 2.29. The fourth-order valence-electron chi connectivity index (χ4n) is 1.95. The van der Waals surface area contributed by atoms with Crippen molar-refractivity contribution in [3.05, 3.63) is 28.6 Å². The van der Waals surface area contributed by atoms with Gasteiger partial charge in [-0.2, -0.15) is 0 Å². The molecule has 0 unspecified atom stereocenters. The van der Waals surface area contributed by atoms with Gasteiger partial charge in [0.1, 0.15) is 5.82 Å². The molecule has 1 aromatic carbocycles. The molecule has 0 amide bonds. The van der Waals surface area contributed by atoms with E-state index in [1.165, 1.54) is 11.1 Å². The predicted octanol–water partition coefficient (Wildman–Crippen LogP) is 2.21. The summed E-state index contributed by atoms with van der Waals surface area (Å²) in [5, 5.41) is 0. The molecule has 0 aromatic heterocycles. The molecule has 0 radical (unpaired) electrons. The zero-order chi connectivity index (χ0) is 8.72. The van der Waals surface area contributed by atoms with Crippen LogP contribution in [-0.4, -0.2) is 0 Å². The highest BCUT2D eigenvalue weighted by molar-refractivity contribution is 5.52. The van der Waals surface area contributed by atoms with Crippen LogP contribution in [0, 0.1) is 12.7 Å². The first kappa shape index (κ1) is 7.59. The van der Waals surface area contributed by atoms with Crippen molar-refractivity contribution < 1.29 is 4.39 Å². The average Bonchev–Trinajstić information content (AvgIpc) is 2.48. The number of fused-ring (bicyclic) bond motifs is 1. The third-order valence-corrected chi connectivity index (χ3v) is 2.63. The summed E-state index contributed by atoms with van der Waals surface area (Å²) in [6.45, 7) is 1.82. The first-order valence-corrected chi connectivity index (χ1v) is 4.26. The van der Waals surface area contributed by atoms with E-state index in [-0.39, 0.29) is 5.82 Å². The van der Waals surface area contributed by atoms with E-state index in [2.05, 4.69) is 0 Å². The fourth-order valence-corrected chi connectivity index (χ4v) is 1.95. The lowest BCUT2D eigenvalue weighted by Crippen LogP contribution is -1.98. The number of hydrogen-bond acceptors (Lipinski definition) is 1. The Labute approximate surface area is 71.4 Å². The van der Waals surface area contributed by atoms with E-state index >= 15 is 0 Å². The van der Waals surface area contributed by atoms with Crippen LogP contribution in [0.3, 0.4) is 0 Å². The number of rotatable bonds is 0. The van der Waals surface area contributed by atoms with Crippen LogP contribution in [0.4, 0.5) is 10.1 Å². The van der Waals surface area contributed by atoms with Crippen molar-refractivity contribution in [1.29, 1.82) is 0 Å². The van der Waals surface area contributed by atoms with Crippen molar-refractivity contribution in [3.63, 3.8) is 0 Å². The summed E-state index contributed by atoms with van der Waals surface area (Å²) in [6.07, 6.45) is 3.21. The first-order valence-electron chi connectivity index (χ1n) is 4.26. The number of aryl methyl sites for hydroxylation is 1. The van der Waals surface area contributed by atoms with Gasteiger partial charge in [-0.25, -0.2) is 4.39 Å². The highest BCUT2D eigenvalue weighted by Gasteiger charge is 2.17. The molecule has 0 spiro atoms. The van der Waals surface area contributed by atoms with Crippen LogP contribution in [0.5, 0.6) is 0 Å². The molecule has 2 N–H and O–H groups in total. The normalized spacial score (nSPS) is 14.8. The summed E-state index contributed by atoms with van der Waals surface area (Å²) in [4.78, 5) is 0. The van der Waals surface area contributed by atoms with Crippen molar-refractivity contribution in [2.24, 2.45) is 0 Å². The summed E-state index contributed by atoms with van der Waals surface area (Å²) < 4.78 is 13.3. The number of halogens is 1. The van der Waals surface area contributed by atoms with Gasteiger partial charge in [0.15, 0.2) is 0 Å². The van der Waals surface area contributed by atoms with Gasteiger partial charge in [0, 0.05) is 0 Å². The van der Waals surface area contributed by atoms with Crippen molar-refractivity contribution in [1.82, 2.24) is 0 Å². The Bertz CT molecular complexity index is 331. The number of anilines is 1. The van der Waals surface area contributed by atoms with Gasteiger partial charge in [0.2, 0.25) is 0 Å². The molecule has 1 aromatic rings.